The molecular weight excluding hydrogens is 270 g/mol. The average molecular weight is 285 g/mol. The van der Waals surface area contributed by atoms with E-state index in [4.69, 9.17) is 12.2 Å². The molecule has 0 saturated carbocycles. The van der Waals surface area contributed by atoms with E-state index >= 15 is 0 Å². The van der Waals surface area contributed by atoms with Crippen molar-refractivity contribution in [2.75, 3.05) is 5.32 Å². The van der Waals surface area contributed by atoms with Gasteiger partial charge in [-0.15, -0.1) is 0 Å². The number of aromatic nitrogens is 1. The van der Waals surface area contributed by atoms with Gasteiger partial charge in [-0.3, -0.25) is 9.78 Å². The lowest BCUT2D eigenvalue weighted by atomic mass is 10.1. The minimum absolute atomic E-state index is 0.0509. The molecule has 0 spiro atoms. The second-order valence-electron chi connectivity index (χ2n) is 4.30. The maximum atomic E-state index is 11.2. The Bertz CT molecular complexity index is 596. The summed E-state index contributed by atoms with van der Waals surface area (Å²) < 4.78 is 0. The highest BCUT2D eigenvalue weighted by Gasteiger charge is 2.01. The Labute approximate surface area is 123 Å². The maximum absolute atomic E-state index is 11.2. The molecule has 2 aromatic rings. The van der Waals surface area contributed by atoms with Gasteiger partial charge in [-0.1, -0.05) is 0 Å². The van der Waals surface area contributed by atoms with Crippen LogP contribution in [-0.4, -0.2) is 15.9 Å². The van der Waals surface area contributed by atoms with Crippen LogP contribution in [0, 0.1) is 0 Å². The van der Waals surface area contributed by atoms with Crippen molar-refractivity contribution in [3.05, 3.63) is 59.9 Å². The zero-order valence-corrected chi connectivity index (χ0v) is 11.9. The molecule has 0 bridgehead atoms. The first-order valence-electron chi connectivity index (χ1n) is 6.20. The Morgan fingerprint density at radius 3 is 2.40 bits per heavy atom. The number of rotatable bonds is 4. The normalized spacial score (nSPS) is 9.85. The molecule has 0 radical (unpaired) electrons. The first-order chi connectivity index (χ1) is 9.65. The van der Waals surface area contributed by atoms with Gasteiger partial charge in [0.2, 0.25) is 0 Å². The number of benzene rings is 1. The summed E-state index contributed by atoms with van der Waals surface area (Å²) in [5.41, 5.74) is 2.64. The number of thiocarbonyl (C=S) groups is 1. The minimum Gasteiger partial charge on any atom is -0.358 e. The number of pyridine rings is 1. The van der Waals surface area contributed by atoms with Gasteiger partial charge in [0, 0.05) is 30.2 Å². The average Bonchev–Trinajstić information content (AvgIpc) is 2.47. The summed E-state index contributed by atoms with van der Waals surface area (Å²) in [6.45, 7) is 2.18. The molecule has 0 aliphatic carbocycles. The van der Waals surface area contributed by atoms with E-state index in [9.17, 15) is 4.79 Å². The van der Waals surface area contributed by atoms with Crippen molar-refractivity contribution in [1.29, 1.82) is 0 Å². The van der Waals surface area contributed by atoms with Gasteiger partial charge in [0.15, 0.2) is 10.9 Å². The lowest BCUT2D eigenvalue weighted by Crippen LogP contribution is -2.27. The molecule has 102 valence electrons. The fourth-order valence-corrected chi connectivity index (χ4v) is 1.84. The summed E-state index contributed by atoms with van der Waals surface area (Å²) in [4.78, 5) is 15.1. The van der Waals surface area contributed by atoms with Crippen LogP contribution < -0.4 is 10.6 Å². The third-order valence-electron chi connectivity index (χ3n) is 2.75. The SMILES string of the molecule is CC(=O)c1ccc(NC(=S)NCc2ccncc2)cc1. The predicted molar refractivity (Wildman–Crippen MR) is 83.7 cm³/mol. The molecule has 0 atom stereocenters. The number of carbonyl (C=O) groups is 1. The monoisotopic (exact) mass is 285 g/mol. The molecule has 0 unspecified atom stereocenters. The number of carbonyl (C=O) groups excluding carboxylic acids is 1. The van der Waals surface area contributed by atoms with Gasteiger partial charge in [-0.05, 0) is 61.1 Å². The number of Topliss-reactive ketones (excluding diaryl/α,β-unsaturated/α-hetero) is 1. The first kappa shape index (κ1) is 14.1. The van der Waals surface area contributed by atoms with Crippen molar-refractivity contribution in [2.24, 2.45) is 0 Å². The second kappa shape index (κ2) is 6.77. The molecule has 5 heteroatoms. The highest BCUT2D eigenvalue weighted by atomic mass is 32.1. The fourth-order valence-electron chi connectivity index (χ4n) is 1.65. The smallest absolute Gasteiger partial charge is 0.171 e. The highest BCUT2D eigenvalue weighted by Crippen LogP contribution is 2.10. The Kier molecular flexibility index (Phi) is 4.79. The molecule has 0 aliphatic heterocycles. The molecule has 0 amide bonds. The standard InChI is InChI=1S/C15H15N3OS/c1-11(19)13-2-4-14(5-3-13)18-15(20)17-10-12-6-8-16-9-7-12/h2-9H,10H2,1H3,(H2,17,18,20). The number of nitrogens with zero attached hydrogens (tertiary/aromatic N) is 1. The quantitative estimate of drug-likeness (QED) is 0.668. The molecule has 2 rings (SSSR count). The van der Waals surface area contributed by atoms with E-state index in [-0.39, 0.29) is 5.78 Å². The molecule has 0 fully saturated rings. The van der Waals surface area contributed by atoms with E-state index < -0.39 is 0 Å². The molecular formula is C15H15N3OS. The Hall–Kier alpha value is -2.27. The number of hydrogen-bond donors (Lipinski definition) is 2. The van der Waals surface area contributed by atoms with Crippen LogP contribution in [0.1, 0.15) is 22.8 Å². The van der Waals surface area contributed by atoms with Crippen LogP contribution in [0.25, 0.3) is 0 Å². The van der Waals surface area contributed by atoms with Gasteiger partial charge < -0.3 is 10.6 Å². The minimum atomic E-state index is 0.0509. The summed E-state index contributed by atoms with van der Waals surface area (Å²) in [6, 6.07) is 11.1. The van der Waals surface area contributed by atoms with E-state index in [1.165, 1.54) is 0 Å². The third kappa shape index (κ3) is 4.13. The zero-order chi connectivity index (χ0) is 14.4. The number of nitrogens with one attached hydrogen (secondary N) is 2. The molecule has 1 aromatic heterocycles. The van der Waals surface area contributed by atoms with Gasteiger partial charge in [-0.2, -0.15) is 0 Å². The van der Waals surface area contributed by atoms with E-state index in [0.29, 0.717) is 17.2 Å². The van der Waals surface area contributed by atoms with Crippen LogP contribution in [0.15, 0.2) is 48.8 Å². The Morgan fingerprint density at radius 2 is 1.80 bits per heavy atom. The Balaban J connectivity index is 1.86. The van der Waals surface area contributed by atoms with E-state index in [1.54, 1.807) is 31.5 Å². The lowest BCUT2D eigenvalue weighted by molar-refractivity contribution is 0.101. The topological polar surface area (TPSA) is 54.0 Å². The summed E-state index contributed by atoms with van der Waals surface area (Å²) in [5.74, 6) is 0.0509. The van der Waals surface area contributed by atoms with Crippen LogP contribution in [0.3, 0.4) is 0 Å². The molecule has 1 heterocycles. The highest BCUT2D eigenvalue weighted by molar-refractivity contribution is 7.80. The fraction of sp³-hybridized carbons (Fsp3) is 0.133. The molecule has 2 N–H and O–H groups in total. The first-order valence-corrected chi connectivity index (χ1v) is 6.61. The largest absolute Gasteiger partial charge is 0.358 e. The Morgan fingerprint density at radius 1 is 1.15 bits per heavy atom. The second-order valence-corrected chi connectivity index (χ2v) is 4.70. The van der Waals surface area contributed by atoms with Crippen molar-refractivity contribution in [1.82, 2.24) is 10.3 Å². The number of ketones is 1. The van der Waals surface area contributed by atoms with Gasteiger partial charge in [-0.25, -0.2) is 0 Å². The van der Waals surface area contributed by atoms with Crippen LogP contribution in [0.5, 0.6) is 0 Å². The van der Waals surface area contributed by atoms with Crippen molar-refractivity contribution in [2.45, 2.75) is 13.5 Å². The summed E-state index contributed by atoms with van der Waals surface area (Å²) >= 11 is 5.21. The summed E-state index contributed by atoms with van der Waals surface area (Å²) in [5, 5.41) is 6.72. The number of hydrogen-bond acceptors (Lipinski definition) is 3. The van der Waals surface area contributed by atoms with Crippen LogP contribution in [0.2, 0.25) is 0 Å². The van der Waals surface area contributed by atoms with Crippen molar-refractivity contribution < 1.29 is 4.79 Å². The molecule has 20 heavy (non-hydrogen) atoms. The zero-order valence-electron chi connectivity index (χ0n) is 11.1. The number of anilines is 1. The summed E-state index contributed by atoms with van der Waals surface area (Å²) in [6.07, 6.45) is 3.49. The molecule has 4 nitrogen and oxygen atoms in total. The van der Waals surface area contributed by atoms with Crippen LogP contribution in [-0.2, 0) is 6.54 Å². The molecule has 0 saturated heterocycles. The predicted octanol–water partition coefficient (Wildman–Crippen LogP) is 2.77. The van der Waals surface area contributed by atoms with E-state index in [2.05, 4.69) is 15.6 Å². The van der Waals surface area contributed by atoms with Gasteiger partial charge in [0.1, 0.15) is 0 Å². The van der Waals surface area contributed by atoms with Crippen molar-refractivity contribution in [3.63, 3.8) is 0 Å². The van der Waals surface area contributed by atoms with Crippen molar-refractivity contribution in [3.8, 4) is 0 Å². The maximum Gasteiger partial charge on any atom is 0.171 e. The van der Waals surface area contributed by atoms with E-state index in [1.807, 2.05) is 24.3 Å². The van der Waals surface area contributed by atoms with Crippen LogP contribution in [0.4, 0.5) is 5.69 Å². The summed E-state index contributed by atoms with van der Waals surface area (Å²) in [7, 11) is 0. The van der Waals surface area contributed by atoms with Gasteiger partial charge in [0.25, 0.3) is 0 Å². The lowest BCUT2D eigenvalue weighted by Gasteiger charge is -2.10. The van der Waals surface area contributed by atoms with Gasteiger partial charge >= 0.3 is 0 Å². The van der Waals surface area contributed by atoms with E-state index in [0.717, 1.165) is 11.3 Å². The third-order valence-corrected chi connectivity index (χ3v) is 3.00. The van der Waals surface area contributed by atoms with Crippen molar-refractivity contribution >= 4 is 28.8 Å². The molecule has 1 aromatic carbocycles. The van der Waals surface area contributed by atoms with Crippen LogP contribution >= 0.6 is 12.2 Å². The molecule has 0 aliphatic rings. The van der Waals surface area contributed by atoms with Gasteiger partial charge in [0.05, 0.1) is 0 Å².